The Hall–Kier alpha value is -2.84. The number of hydrogen-bond donors (Lipinski definition) is 2. The molecule has 0 bridgehead atoms. The van der Waals surface area contributed by atoms with Crippen molar-refractivity contribution >= 4 is 39.1 Å². The zero-order chi connectivity index (χ0) is 21.6. The molecule has 156 valence electrons. The van der Waals surface area contributed by atoms with Gasteiger partial charge in [0.1, 0.15) is 5.82 Å². The molecule has 8 heteroatoms. The van der Waals surface area contributed by atoms with E-state index < -0.39 is 10.0 Å². The summed E-state index contributed by atoms with van der Waals surface area (Å²) in [4.78, 5) is 12.2. The summed E-state index contributed by atoms with van der Waals surface area (Å²) < 4.78 is 40.4. The van der Waals surface area contributed by atoms with E-state index in [-0.39, 0.29) is 22.4 Å². The second kappa shape index (κ2) is 9.77. The number of halogens is 1. The molecule has 1 amide bonds. The van der Waals surface area contributed by atoms with E-state index in [1.54, 1.807) is 36.4 Å². The van der Waals surface area contributed by atoms with E-state index in [4.69, 9.17) is 0 Å². The molecule has 2 N–H and O–H groups in total. The highest BCUT2D eigenvalue weighted by Gasteiger charge is 2.14. The van der Waals surface area contributed by atoms with E-state index in [0.717, 1.165) is 11.1 Å². The van der Waals surface area contributed by atoms with Crippen molar-refractivity contribution in [2.24, 2.45) is 0 Å². The molecule has 5 nitrogen and oxygen atoms in total. The summed E-state index contributed by atoms with van der Waals surface area (Å²) in [6.45, 7) is 1.92. The van der Waals surface area contributed by atoms with E-state index in [2.05, 4.69) is 10.0 Å². The van der Waals surface area contributed by atoms with E-state index in [1.807, 2.05) is 19.1 Å². The molecule has 0 spiro atoms. The molecule has 0 saturated heterocycles. The van der Waals surface area contributed by atoms with Gasteiger partial charge >= 0.3 is 0 Å². The first-order valence-electron chi connectivity index (χ1n) is 9.13. The molecule has 0 saturated carbocycles. The summed E-state index contributed by atoms with van der Waals surface area (Å²) >= 11 is 1.41. The number of thioether (sulfide) groups is 1. The van der Waals surface area contributed by atoms with Gasteiger partial charge in [0, 0.05) is 17.1 Å². The normalized spacial score (nSPS) is 11.1. The van der Waals surface area contributed by atoms with Crippen molar-refractivity contribution in [1.29, 1.82) is 0 Å². The third-order valence-electron chi connectivity index (χ3n) is 4.17. The van der Waals surface area contributed by atoms with Gasteiger partial charge < -0.3 is 5.32 Å². The van der Waals surface area contributed by atoms with Crippen molar-refractivity contribution in [3.63, 3.8) is 0 Å². The molecular formula is C22H21FN2O3S2. The Morgan fingerprint density at radius 1 is 0.900 bits per heavy atom. The van der Waals surface area contributed by atoms with Crippen LogP contribution >= 0.6 is 11.8 Å². The topological polar surface area (TPSA) is 75.3 Å². The van der Waals surface area contributed by atoms with Gasteiger partial charge in [-0.25, -0.2) is 12.8 Å². The number of carbonyl (C=O) groups is 1. The fraction of sp³-hybridized carbons (Fsp3) is 0.136. The standard InChI is InChI=1S/C22H21FN2O3S2/c1-16-2-8-20(9-3-16)25-30(27,28)21-12-10-19(11-13-21)24-22(26)15-29-14-17-4-6-18(23)7-5-17/h2-13,25H,14-15H2,1H3,(H,24,26). The molecule has 0 aliphatic rings. The molecule has 0 aliphatic heterocycles. The SMILES string of the molecule is Cc1ccc(NS(=O)(=O)c2ccc(NC(=O)CSCc3ccc(F)cc3)cc2)cc1. The molecule has 0 heterocycles. The van der Waals surface area contributed by atoms with Crippen LogP contribution in [0.2, 0.25) is 0 Å². The summed E-state index contributed by atoms with van der Waals surface area (Å²) in [6.07, 6.45) is 0. The highest BCUT2D eigenvalue weighted by Crippen LogP contribution is 2.19. The number of amides is 1. The van der Waals surface area contributed by atoms with Crippen LogP contribution in [0.25, 0.3) is 0 Å². The van der Waals surface area contributed by atoms with Crippen molar-refractivity contribution in [2.45, 2.75) is 17.6 Å². The van der Waals surface area contributed by atoms with E-state index in [0.29, 0.717) is 17.1 Å². The monoisotopic (exact) mass is 444 g/mol. The number of sulfonamides is 1. The predicted molar refractivity (Wildman–Crippen MR) is 120 cm³/mol. The summed E-state index contributed by atoms with van der Waals surface area (Å²) in [7, 11) is -3.71. The van der Waals surface area contributed by atoms with Gasteiger partial charge in [0.15, 0.2) is 0 Å². The van der Waals surface area contributed by atoms with Crippen molar-refractivity contribution in [3.8, 4) is 0 Å². The molecule has 0 aliphatic carbocycles. The summed E-state index contributed by atoms with van der Waals surface area (Å²) in [6, 6.07) is 19.2. The maximum absolute atomic E-state index is 12.9. The minimum absolute atomic E-state index is 0.103. The van der Waals surface area contributed by atoms with Gasteiger partial charge in [-0.05, 0) is 61.0 Å². The van der Waals surface area contributed by atoms with Crippen LogP contribution in [0.1, 0.15) is 11.1 Å². The molecule has 30 heavy (non-hydrogen) atoms. The van der Waals surface area contributed by atoms with E-state index in [1.165, 1.54) is 36.0 Å². The number of carbonyl (C=O) groups excluding carboxylic acids is 1. The Bertz CT molecular complexity index is 1100. The van der Waals surface area contributed by atoms with Crippen LogP contribution in [0.4, 0.5) is 15.8 Å². The first-order valence-corrected chi connectivity index (χ1v) is 11.8. The zero-order valence-electron chi connectivity index (χ0n) is 16.3. The number of rotatable bonds is 8. The maximum Gasteiger partial charge on any atom is 0.261 e. The number of benzene rings is 3. The Morgan fingerprint density at radius 3 is 2.13 bits per heavy atom. The fourth-order valence-electron chi connectivity index (χ4n) is 2.59. The minimum atomic E-state index is -3.71. The molecule has 0 unspecified atom stereocenters. The van der Waals surface area contributed by atoms with Gasteiger partial charge in [0.2, 0.25) is 5.91 Å². The lowest BCUT2D eigenvalue weighted by Gasteiger charge is -2.10. The lowest BCUT2D eigenvalue weighted by atomic mass is 10.2. The van der Waals surface area contributed by atoms with Gasteiger partial charge in [-0.1, -0.05) is 29.8 Å². The van der Waals surface area contributed by atoms with Gasteiger partial charge in [0.25, 0.3) is 10.0 Å². The molecule has 0 radical (unpaired) electrons. The Labute approximate surface area is 179 Å². The molecular weight excluding hydrogens is 423 g/mol. The predicted octanol–water partition coefficient (Wildman–Crippen LogP) is 4.81. The van der Waals surface area contributed by atoms with E-state index in [9.17, 15) is 17.6 Å². The maximum atomic E-state index is 12.9. The number of nitrogens with one attached hydrogen (secondary N) is 2. The van der Waals surface area contributed by atoms with Crippen molar-refractivity contribution in [2.75, 3.05) is 15.8 Å². The summed E-state index contributed by atoms with van der Waals surface area (Å²) in [5, 5.41) is 2.74. The Kier molecular flexibility index (Phi) is 7.12. The fourth-order valence-corrected chi connectivity index (χ4v) is 4.44. The number of hydrogen-bond acceptors (Lipinski definition) is 4. The van der Waals surface area contributed by atoms with E-state index >= 15 is 0 Å². The lowest BCUT2D eigenvalue weighted by Crippen LogP contribution is -2.15. The molecule has 3 aromatic rings. The quantitative estimate of drug-likeness (QED) is 0.523. The molecule has 0 fully saturated rings. The van der Waals surface area contributed by atoms with Crippen LogP contribution < -0.4 is 10.0 Å². The van der Waals surface area contributed by atoms with Crippen molar-refractivity contribution < 1.29 is 17.6 Å². The van der Waals surface area contributed by atoms with Gasteiger partial charge in [-0.2, -0.15) is 0 Å². The highest BCUT2D eigenvalue weighted by atomic mass is 32.2. The van der Waals surface area contributed by atoms with Crippen molar-refractivity contribution in [1.82, 2.24) is 0 Å². The van der Waals surface area contributed by atoms with Gasteiger partial charge in [-0.3, -0.25) is 9.52 Å². The number of anilines is 2. The smallest absolute Gasteiger partial charge is 0.261 e. The van der Waals surface area contributed by atoms with Gasteiger partial charge in [-0.15, -0.1) is 11.8 Å². The minimum Gasteiger partial charge on any atom is -0.325 e. The molecule has 3 rings (SSSR count). The first-order chi connectivity index (χ1) is 14.3. The van der Waals surface area contributed by atoms with Crippen LogP contribution in [0.3, 0.4) is 0 Å². The largest absolute Gasteiger partial charge is 0.325 e. The van der Waals surface area contributed by atoms with Crippen LogP contribution in [0.5, 0.6) is 0 Å². The van der Waals surface area contributed by atoms with Crippen LogP contribution in [-0.4, -0.2) is 20.1 Å². The number of aryl methyl sites for hydroxylation is 1. The zero-order valence-corrected chi connectivity index (χ0v) is 17.9. The van der Waals surface area contributed by atoms with Crippen LogP contribution in [0, 0.1) is 12.7 Å². The Morgan fingerprint density at radius 2 is 1.50 bits per heavy atom. The average Bonchev–Trinajstić information content (AvgIpc) is 2.71. The third-order valence-corrected chi connectivity index (χ3v) is 6.57. The Balaban J connectivity index is 1.52. The lowest BCUT2D eigenvalue weighted by molar-refractivity contribution is -0.113. The molecule has 0 atom stereocenters. The van der Waals surface area contributed by atoms with Gasteiger partial charge in [0.05, 0.1) is 10.6 Å². The second-order valence-corrected chi connectivity index (χ2v) is 9.33. The third kappa shape index (κ3) is 6.33. The first kappa shape index (κ1) is 21.9. The average molecular weight is 445 g/mol. The highest BCUT2D eigenvalue weighted by molar-refractivity contribution is 7.99. The van der Waals surface area contributed by atoms with Crippen molar-refractivity contribution in [3.05, 3.63) is 89.7 Å². The molecule has 3 aromatic carbocycles. The summed E-state index contributed by atoms with van der Waals surface area (Å²) in [5.41, 5.74) is 2.96. The molecule has 0 aromatic heterocycles. The second-order valence-electron chi connectivity index (χ2n) is 6.66. The van der Waals surface area contributed by atoms with Crippen LogP contribution in [-0.2, 0) is 20.6 Å². The van der Waals surface area contributed by atoms with Crippen LogP contribution in [0.15, 0.2) is 77.7 Å². The summed E-state index contributed by atoms with van der Waals surface area (Å²) in [5.74, 6) is 0.332.